The number of carboxylic acids is 1. The van der Waals surface area contributed by atoms with E-state index < -0.39 is 5.97 Å². The Morgan fingerprint density at radius 2 is 2.50 bits per heavy atom. The molecule has 12 heavy (non-hydrogen) atoms. The van der Waals surface area contributed by atoms with E-state index in [9.17, 15) is 4.79 Å². The fourth-order valence-electron chi connectivity index (χ4n) is 1.42. The summed E-state index contributed by atoms with van der Waals surface area (Å²) in [5.74, 6) is -0.768. The number of carbonyl (C=O) groups is 1. The van der Waals surface area contributed by atoms with E-state index in [1.807, 2.05) is 0 Å². The molecule has 2 N–H and O–H groups in total. The van der Waals surface area contributed by atoms with Crippen molar-refractivity contribution in [2.24, 2.45) is 0 Å². The monoisotopic (exact) mass is 167 g/mol. The van der Waals surface area contributed by atoms with E-state index >= 15 is 0 Å². The molecule has 1 fully saturated rings. The predicted octanol–water partition coefficient (Wildman–Crippen LogP) is 0.311. The summed E-state index contributed by atoms with van der Waals surface area (Å²) in [6, 6.07) is 0. The van der Waals surface area contributed by atoms with Gasteiger partial charge in [0.15, 0.2) is 0 Å². The van der Waals surface area contributed by atoms with Gasteiger partial charge in [0.25, 0.3) is 0 Å². The molecule has 1 aromatic rings. The van der Waals surface area contributed by atoms with Gasteiger partial charge in [0.2, 0.25) is 0 Å². The highest BCUT2D eigenvalue weighted by molar-refractivity contribution is 5.69. The van der Waals surface area contributed by atoms with Crippen LogP contribution < -0.4 is 0 Å². The van der Waals surface area contributed by atoms with Crippen LogP contribution in [0, 0.1) is 0 Å². The van der Waals surface area contributed by atoms with E-state index in [2.05, 4.69) is 15.4 Å². The number of nitrogens with zero attached hydrogens (tertiary/aromatic N) is 2. The maximum absolute atomic E-state index is 10.5. The molecule has 5 heteroatoms. The first-order valence-corrected chi connectivity index (χ1v) is 3.81. The van der Waals surface area contributed by atoms with E-state index in [4.69, 9.17) is 5.11 Å². The molecule has 0 spiro atoms. The van der Waals surface area contributed by atoms with Gasteiger partial charge in [0.05, 0.1) is 18.3 Å². The smallest absolute Gasteiger partial charge is 0.304 e. The Hall–Kier alpha value is -1.39. The Balaban J connectivity index is 2.17. The minimum absolute atomic E-state index is 0.166. The van der Waals surface area contributed by atoms with Crippen molar-refractivity contribution in [1.82, 2.24) is 15.4 Å². The summed E-state index contributed by atoms with van der Waals surface area (Å²) in [6.07, 6.45) is 3.59. The van der Waals surface area contributed by atoms with Crippen molar-refractivity contribution in [3.05, 3.63) is 11.9 Å². The number of hydrogen-bond donors (Lipinski definition) is 2. The van der Waals surface area contributed by atoms with Gasteiger partial charge >= 0.3 is 5.97 Å². The Bertz CT molecular complexity index is 290. The van der Waals surface area contributed by atoms with Gasteiger partial charge in [-0.2, -0.15) is 15.4 Å². The number of rotatable bonds is 3. The fourth-order valence-corrected chi connectivity index (χ4v) is 1.42. The van der Waals surface area contributed by atoms with Gasteiger partial charge in [0.1, 0.15) is 0 Å². The van der Waals surface area contributed by atoms with Crippen LogP contribution in [0.3, 0.4) is 0 Å². The van der Waals surface area contributed by atoms with Gasteiger partial charge in [-0.05, 0) is 12.8 Å². The van der Waals surface area contributed by atoms with E-state index in [0.717, 1.165) is 18.5 Å². The summed E-state index contributed by atoms with van der Waals surface area (Å²) in [6.45, 7) is 0. The summed E-state index contributed by atoms with van der Waals surface area (Å²) in [4.78, 5) is 10.5. The minimum Gasteiger partial charge on any atom is -0.481 e. The zero-order chi connectivity index (χ0) is 8.60. The second kappa shape index (κ2) is 2.30. The third-order valence-corrected chi connectivity index (χ3v) is 2.30. The van der Waals surface area contributed by atoms with E-state index in [-0.39, 0.29) is 11.8 Å². The molecular formula is C7H9N3O2. The fraction of sp³-hybridized carbons (Fsp3) is 0.571. The Labute approximate surface area is 68.8 Å². The number of carboxylic acid groups (broad SMARTS) is 1. The lowest BCUT2D eigenvalue weighted by atomic mass is 9.99. The molecular weight excluding hydrogens is 158 g/mol. The molecule has 1 heterocycles. The molecule has 0 aromatic carbocycles. The van der Waals surface area contributed by atoms with Crippen LogP contribution in [-0.4, -0.2) is 26.5 Å². The first-order valence-electron chi connectivity index (χ1n) is 3.81. The highest BCUT2D eigenvalue weighted by Crippen LogP contribution is 2.49. The van der Waals surface area contributed by atoms with Crippen LogP contribution in [0.15, 0.2) is 6.20 Å². The van der Waals surface area contributed by atoms with Gasteiger partial charge in [-0.15, -0.1) is 0 Å². The maximum atomic E-state index is 10.5. The molecule has 1 aromatic heterocycles. The second-order valence-electron chi connectivity index (χ2n) is 3.21. The Morgan fingerprint density at radius 3 is 2.92 bits per heavy atom. The van der Waals surface area contributed by atoms with Gasteiger partial charge < -0.3 is 5.11 Å². The summed E-state index contributed by atoms with van der Waals surface area (Å²) >= 11 is 0. The van der Waals surface area contributed by atoms with Gasteiger partial charge in [-0.1, -0.05) is 0 Å². The van der Waals surface area contributed by atoms with E-state index in [1.165, 1.54) is 0 Å². The number of nitrogens with one attached hydrogen (secondary N) is 1. The molecule has 1 saturated carbocycles. The van der Waals surface area contributed by atoms with Crippen LogP contribution in [0.5, 0.6) is 0 Å². The molecule has 1 aliphatic rings. The first-order chi connectivity index (χ1) is 5.73. The number of H-pyrrole nitrogens is 1. The van der Waals surface area contributed by atoms with Gasteiger partial charge in [-0.25, -0.2) is 0 Å². The Kier molecular flexibility index (Phi) is 1.39. The molecule has 1 aliphatic carbocycles. The largest absolute Gasteiger partial charge is 0.481 e. The summed E-state index contributed by atoms with van der Waals surface area (Å²) in [7, 11) is 0. The van der Waals surface area contributed by atoms with Gasteiger partial charge in [-0.3, -0.25) is 4.79 Å². The van der Waals surface area contributed by atoms with E-state index in [1.54, 1.807) is 6.20 Å². The average molecular weight is 167 g/mol. The van der Waals surface area contributed by atoms with Crippen molar-refractivity contribution in [2.75, 3.05) is 0 Å². The first kappa shape index (κ1) is 7.27. The van der Waals surface area contributed by atoms with Crippen LogP contribution in [0.1, 0.15) is 25.0 Å². The van der Waals surface area contributed by atoms with E-state index in [0.29, 0.717) is 0 Å². The summed E-state index contributed by atoms with van der Waals surface area (Å²) in [5, 5.41) is 18.7. The highest BCUT2D eigenvalue weighted by atomic mass is 16.4. The number of aromatic nitrogens is 3. The lowest BCUT2D eigenvalue weighted by Gasteiger charge is -2.06. The Morgan fingerprint density at radius 1 is 1.75 bits per heavy atom. The zero-order valence-electron chi connectivity index (χ0n) is 6.45. The van der Waals surface area contributed by atoms with Crippen molar-refractivity contribution in [2.45, 2.75) is 24.7 Å². The molecule has 64 valence electrons. The summed E-state index contributed by atoms with van der Waals surface area (Å²) < 4.78 is 0. The highest BCUT2D eigenvalue weighted by Gasteiger charge is 2.48. The molecule has 2 rings (SSSR count). The molecule has 0 aliphatic heterocycles. The van der Waals surface area contributed by atoms with Crippen molar-refractivity contribution in [3.8, 4) is 0 Å². The topological polar surface area (TPSA) is 78.9 Å². The van der Waals surface area contributed by atoms with Crippen molar-refractivity contribution < 1.29 is 9.90 Å². The molecule has 0 radical (unpaired) electrons. The van der Waals surface area contributed by atoms with Crippen LogP contribution >= 0.6 is 0 Å². The molecule has 0 atom stereocenters. The lowest BCUT2D eigenvalue weighted by Crippen LogP contribution is -2.13. The predicted molar refractivity (Wildman–Crippen MR) is 39.5 cm³/mol. The third-order valence-electron chi connectivity index (χ3n) is 2.30. The van der Waals surface area contributed by atoms with Crippen molar-refractivity contribution in [1.29, 1.82) is 0 Å². The standard InChI is InChI=1S/C7H9N3O2/c11-6(12)3-7(1-2-7)5-4-8-10-9-5/h4H,1-3H2,(H,11,12)(H,8,9,10). The zero-order valence-corrected chi connectivity index (χ0v) is 6.45. The summed E-state index contributed by atoms with van der Waals surface area (Å²) in [5.41, 5.74) is 0.573. The quantitative estimate of drug-likeness (QED) is 0.679. The normalized spacial score (nSPS) is 19.0. The van der Waals surface area contributed by atoms with Crippen LogP contribution in [0.25, 0.3) is 0 Å². The molecule has 0 amide bonds. The van der Waals surface area contributed by atoms with Crippen LogP contribution in [-0.2, 0) is 10.2 Å². The average Bonchev–Trinajstić information content (AvgIpc) is 2.61. The molecule has 0 unspecified atom stereocenters. The van der Waals surface area contributed by atoms with Crippen molar-refractivity contribution in [3.63, 3.8) is 0 Å². The second-order valence-corrected chi connectivity index (χ2v) is 3.21. The third kappa shape index (κ3) is 1.07. The number of hydrogen-bond acceptors (Lipinski definition) is 3. The SMILES string of the molecule is O=C(O)CC1(c2cn[nH]n2)CC1. The van der Waals surface area contributed by atoms with Crippen molar-refractivity contribution >= 4 is 5.97 Å². The molecule has 0 saturated heterocycles. The van der Waals surface area contributed by atoms with Crippen LogP contribution in [0.2, 0.25) is 0 Å². The number of aliphatic carboxylic acids is 1. The minimum atomic E-state index is -0.768. The number of aromatic amines is 1. The maximum Gasteiger partial charge on any atom is 0.304 e. The lowest BCUT2D eigenvalue weighted by molar-refractivity contribution is -0.137. The van der Waals surface area contributed by atoms with Crippen LogP contribution in [0.4, 0.5) is 0 Å². The molecule has 5 nitrogen and oxygen atoms in total. The molecule has 0 bridgehead atoms. The van der Waals surface area contributed by atoms with Gasteiger partial charge in [0, 0.05) is 5.41 Å².